The lowest BCUT2D eigenvalue weighted by molar-refractivity contribution is 0.540. The van der Waals surface area contributed by atoms with Crippen molar-refractivity contribution in [2.75, 3.05) is 17.8 Å². The maximum absolute atomic E-state index is 5.98. The normalized spacial score (nSPS) is 12.1. The van der Waals surface area contributed by atoms with E-state index in [0.717, 1.165) is 17.3 Å². The summed E-state index contributed by atoms with van der Waals surface area (Å²) in [5.41, 5.74) is 0.571. The van der Waals surface area contributed by atoms with Crippen molar-refractivity contribution in [1.82, 2.24) is 19.6 Å². The highest BCUT2D eigenvalue weighted by molar-refractivity contribution is 6.18. The zero-order chi connectivity index (χ0) is 12.6. The van der Waals surface area contributed by atoms with Crippen LogP contribution in [0.5, 0.6) is 0 Å². The van der Waals surface area contributed by atoms with Gasteiger partial charge in [0, 0.05) is 30.9 Å². The van der Waals surface area contributed by atoms with E-state index in [9.17, 15) is 0 Å². The van der Waals surface area contributed by atoms with Crippen molar-refractivity contribution in [3.63, 3.8) is 0 Å². The molecule has 92 valence electrons. The molecule has 17 heavy (non-hydrogen) atoms. The minimum Gasteiger partial charge on any atom is -0.350 e. The van der Waals surface area contributed by atoms with E-state index in [1.54, 1.807) is 6.20 Å². The molecule has 2 aromatic heterocycles. The smallest absolute Gasteiger partial charge is 0.203 e. The number of hydrogen-bond donors (Lipinski definition) is 0. The second-order valence-corrected chi connectivity index (χ2v) is 4.96. The van der Waals surface area contributed by atoms with Crippen LogP contribution in [-0.4, -0.2) is 38.0 Å². The SMILES string of the molecule is Cc1nnc2c(N(C)C(C)(C)CCl)nccn12. The van der Waals surface area contributed by atoms with Crippen molar-refractivity contribution in [3.8, 4) is 0 Å². The first-order chi connectivity index (χ1) is 7.97. The number of fused-ring (bicyclic) bond motifs is 1. The summed E-state index contributed by atoms with van der Waals surface area (Å²) in [7, 11) is 1.97. The van der Waals surface area contributed by atoms with Gasteiger partial charge in [-0.15, -0.1) is 21.8 Å². The zero-order valence-corrected chi connectivity index (χ0v) is 11.2. The van der Waals surface area contributed by atoms with Crippen LogP contribution in [0.2, 0.25) is 0 Å². The van der Waals surface area contributed by atoms with Crippen molar-refractivity contribution >= 4 is 23.1 Å². The van der Waals surface area contributed by atoms with Crippen molar-refractivity contribution < 1.29 is 0 Å². The van der Waals surface area contributed by atoms with Gasteiger partial charge < -0.3 is 4.90 Å². The van der Waals surface area contributed by atoms with Crippen LogP contribution in [-0.2, 0) is 0 Å². The Morgan fingerprint density at radius 3 is 2.76 bits per heavy atom. The number of aryl methyl sites for hydroxylation is 1. The summed E-state index contributed by atoms with van der Waals surface area (Å²) < 4.78 is 1.92. The van der Waals surface area contributed by atoms with Gasteiger partial charge in [-0.2, -0.15) is 0 Å². The summed E-state index contributed by atoms with van der Waals surface area (Å²) in [4.78, 5) is 6.41. The Morgan fingerprint density at radius 1 is 1.41 bits per heavy atom. The Hall–Kier alpha value is -1.36. The van der Waals surface area contributed by atoms with Crippen LogP contribution in [0.3, 0.4) is 0 Å². The van der Waals surface area contributed by atoms with Gasteiger partial charge in [0.15, 0.2) is 5.82 Å². The second-order valence-electron chi connectivity index (χ2n) is 4.70. The quantitative estimate of drug-likeness (QED) is 0.784. The predicted octanol–water partition coefficient (Wildman–Crippen LogP) is 1.89. The van der Waals surface area contributed by atoms with Gasteiger partial charge in [-0.25, -0.2) is 4.98 Å². The molecular weight excluding hydrogens is 238 g/mol. The Labute approximate surface area is 105 Å². The molecule has 0 aliphatic carbocycles. The van der Waals surface area contributed by atoms with Gasteiger partial charge >= 0.3 is 0 Å². The molecule has 0 spiro atoms. The molecule has 0 atom stereocenters. The Morgan fingerprint density at radius 2 is 2.12 bits per heavy atom. The van der Waals surface area contributed by atoms with Gasteiger partial charge in [-0.3, -0.25) is 4.40 Å². The molecule has 0 N–H and O–H groups in total. The highest BCUT2D eigenvalue weighted by Crippen LogP contribution is 2.24. The van der Waals surface area contributed by atoms with E-state index >= 15 is 0 Å². The average molecular weight is 254 g/mol. The molecule has 0 aliphatic rings. The Bertz CT molecular complexity index is 534. The second kappa shape index (κ2) is 4.14. The van der Waals surface area contributed by atoms with Gasteiger partial charge in [-0.1, -0.05) is 0 Å². The maximum Gasteiger partial charge on any atom is 0.203 e. The zero-order valence-electron chi connectivity index (χ0n) is 10.5. The lowest BCUT2D eigenvalue weighted by Gasteiger charge is -2.34. The van der Waals surface area contributed by atoms with Crippen LogP contribution < -0.4 is 4.90 Å². The molecule has 0 aromatic carbocycles. The Balaban J connectivity index is 2.56. The third-order valence-corrected chi connectivity index (χ3v) is 3.69. The summed E-state index contributed by atoms with van der Waals surface area (Å²) in [6, 6.07) is 0. The molecule has 2 heterocycles. The number of aromatic nitrogens is 4. The molecule has 0 fully saturated rings. The van der Waals surface area contributed by atoms with E-state index < -0.39 is 0 Å². The summed E-state index contributed by atoms with van der Waals surface area (Å²) >= 11 is 5.98. The number of rotatable bonds is 3. The molecule has 0 saturated carbocycles. The van der Waals surface area contributed by atoms with E-state index in [-0.39, 0.29) is 5.54 Å². The largest absolute Gasteiger partial charge is 0.350 e. The summed E-state index contributed by atoms with van der Waals surface area (Å²) in [5, 5.41) is 8.21. The van der Waals surface area contributed by atoms with Crippen molar-refractivity contribution in [2.45, 2.75) is 26.3 Å². The lowest BCUT2D eigenvalue weighted by Crippen LogP contribution is -2.43. The molecule has 2 aromatic rings. The third kappa shape index (κ3) is 1.95. The fraction of sp³-hybridized carbons (Fsp3) is 0.545. The summed E-state index contributed by atoms with van der Waals surface area (Å²) in [6.45, 7) is 6.04. The molecule has 0 bridgehead atoms. The number of anilines is 1. The molecule has 0 saturated heterocycles. The van der Waals surface area contributed by atoms with Gasteiger partial charge in [0.05, 0.1) is 0 Å². The van der Waals surface area contributed by atoms with E-state index in [1.165, 1.54) is 0 Å². The van der Waals surface area contributed by atoms with Gasteiger partial charge in [0.1, 0.15) is 5.82 Å². The molecule has 2 rings (SSSR count). The molecule has 0 unspecified atom stereocenters. The highest BCUT2D eigenvalue weighted by Gasteiger charge is 2.26. The van der Waals surface area contributed by atoms with E-state index in [2.05, 4.69) is 29.0 Å². The first-order valence-electron chi connectivity index (χ1n) is 5.43. The molecular formula is C11H16ClN5. The topological polar surface area (TPSA) is 46.3 Å². The number of hydrogen-bond acceptors (Lipinski definition) is 4. The first-order valence-corrected chi connectivity index (χ1v) is 5.97. The fourth-order valence-electron chi connectivity index (χ4n) is 1.54. The minimum atomic E-state index is -0.184. The van der Waals surface area contributed by atoms with E-state index in [1.807, 2.05) is 29.5 Å². The maximum atomic E-state index is 5.98. The summed E-state index contributed by atoms with van der Waals surface area (Å²) in [6.07, 6.45) is 3.61. The predicted molar refractivity (Wildman–Crippen MR) is 68.7 cm³/mol. The van der Waals surface area contributed by atoms with Crippen LogP contribution >= 0.6 is 11.6 Å². The van der Waals surface area contributed by atoms with Crippen LogP contribution in [0.4, 0.5) is 5.82 Å². The average Bonchev–Trinajstić information content (AvgIpc) is 2.70. The fourth-order valence-corrected chi connectivity index (χ4v) is 1.72. The van der Waals surface area contributed by atoms with E-state index in [0.29, 0.717) is 5.88 Å². The minimum absolute atomic E-state index is 0.184. The summed E-state index contributed by atoms with van der Waals surface area (Å²) in [5.74, 6) is 2.15. The number of nitrogens with zero attached hydrogens (tertiary/aromatic N) is 5. The van der Waals surface area contributed by atoms with Crippen LogP contribution in [0, 0.1) is 6.92 Å². The standard InChI is InChI=1S/C11H16ClN5/c1-8-14-15-10-9(13-5-6-17(8)10)16(4)11(2,3)7-12/h5-6H,7H2,1-4H3. The Kier molecular flexibility index (Phi) is 2.95. The molecule has 0 aliphatic heterocycles. The van der Waals surface area contributed by atoms with Crippen LogP contribution in [0.1, 0.15) is 19.7 Å². The van der Waals surface area contributed by atoms with Crippen molar-refractivity contribution in [2.24, 2.45) is 0 Å². The first kappa shape index (κ1) is 12.1. The number of alkyl halides is 1. The van der Waals surface area contributed by atoms with Crippen LogP contribution in [0.25, 0.3) is 5.65 Å². The van der Waals surface area contributed by atoms with Gasteiger partial charge in [-0.05, 0) is 20.8 Å². The van der Waals surface area contributed by atoms with Crippen molar-refractivity contribution in [3.05, 3.63) is 18.2 Å². The van der Waals surface area contributed by atoms with Crippen molar-refractivity contribution in [1.29, 1.82) is 0 Å². The third-order valence-electron chi connectivity index (χ3n) is 3.03. The van der Waals surface area contributed by atoms with Gasteiger partial charge in [0.25, 0.3) is 0 Å². The van der Waals surface area contributed by atoms with Crippen LogP contribution in [0.15, 0.2) is 12.4 Å². The highest BCUT2D eigenvalue weighted by atomic mass is 35.5. The van der Waals surface area contributed by atoms with E-state index in [4.69, 9.17) is 11.6 Å². The monoisotopic (exact) mass is 253 g/mol. The van der Waals surface area contributed by atoms with Gasteiger partial charge in [0.2, 0.25) is 5.65 Å². The molecule has 0 amide bonds. The lowest BCUT2D eigenvalue weighted by atomic mass is 10.1. The molecule has 5 nitrogen and oxygen atoms in total. The number of halogens is 1. The molecule has 0 radical (unpaired) electrons. The molecule has 6 heteroatoms.